The number of nitrogens with zero attached hydrogens (tertiary/aromatic N) is 3. The molecule has 4 nitrogen and oxygen atoms in total. The number of hydrogen-bond donors (Lipinski definition) is 1. The molecule has 0 atom stereocenters. The highest BCUT2D eigenvalue weighted by molar-refractivity contribution is 5.85. The number of hydrogen-bond acceptors (Lipinski definition) is 3. The normalized spacial score (nSPS) is 8.09. The van der Waals surface area contributed by atoms with Crippen molar-refractivity contribution in [3.8, 4) is 0 Å². The van der Waals surface area contributed by atoms with Crippen LogP contribution in [0.3, 0.4) is 0 Å². The van der Waals surface area contributed by atoms with Crippen molar-refractivity contribution in [1.82, 2.24) is 20.3 Å². The summed E-state index contributed by atoms with van der Waals surface area (Å²) in [6.07, 6.45) is 3.52. The Kier molecular flexibility index (Phi) is 9.40. The van der Waals surface area contributed by atoms with E-state index in [0.717, 1.165) is 13.1 Å². The molecule has 6 heteroatoms. The van der Waals surface area contributed by atoms with Crippen molar-refractivity contribution in [2.24, 2.45) is 0 Å². The molecule has 0 aliphatic heterocycles. The van der Waals surface area contributed by atoms with Crippen molar-refractivity contribution >= 4 is 24.8 Å². The lowest BCUT2D eigenvalue weighted by Gasteiger charge is -1.96. The van der Waals surface area contributed by atoms with Crippen molar-refractivity contribution in [3.05, 3.63) is 12.4 Å². The Morgan fingerprint density at radius 2 is 2.18 bits per heavy atom. The van der Waals surface area contributed by atoms with E-state index < -0.39 is 0 Å². The van der Waals surface area contributed by atoms with Crippen LogP contribution in [-0.2, 0) is 6.54 Å². The maximum Gasteiger partial charge on any atom is 0.0692 e. The summed E-state index contributed by atoms with van der Waals surface area (Å²) in [5, 5.41) is 10.5. The fourth-order valence-electron chi connectivity index (χ4n) is 0.578. The standard InChI is InChI=1S/C5H10N4.2ClH/c1-6-2-4-9-5-3-7-8-9;;/h3,5-6H,2,4H2,1H3;2*1H. The largest absolute Gasteiger partial charge is 0.318 e. The molecule has 0 saturated carbocycles. The first kappa shape index (κ1) is 13.3. The fraction of sp³-hybridized carbons (Fsp3) is 0.600. The first-order valence-corrected chi connectivity index (χ1v) is 2.92. The molecule has 0 aliphatic carbocycles. The molecule has 0 aliphatic rings. The quantitative estimate of drug-likeness (QED) is 0.763. The molecule has 0 bridgehead atoms. The third-order valence-corrected chi connectivity index (χ3v) is 1.06. The highest BCUT2D eigenvalue weighted by atomic mass is 35.5. The summed E-state index contributed by atoms with van der Waals surface area (Å²) >= 11 is 0. The lowest BCUT2D eigenvalue weighted by molar-refractivity contribution is 0.565. The maximum atomic E-state index is 3.78. The van der Waals surface area contributed by atoms with Gasteiger partial charge in [0.25, 0.3) is 0 Å². The third-order valence-electron chi connectivity index (χ3n) is 1.06. The Hall–Kier alpha value is -0.320. The Morgan fingerprint density at radius 1 is 1.45 bits per heavy atom. The molecule has 0 fully saturated rings. The van der Waals surface area contributed by atoms with E-state index in [-0.39, 0.29) is 24.8 Å². The minimum Gasteiger partial charge on any atom is -0.318 e. The van der Waals surface area contributed by atoms with Gasteiger partial charge in [0, 0.05) is 12.7 Å². The van der Waals surface area contributed by atoms with Crippen LogP contribution in [0.15, 0.2) is 12.4 Å². The predicted molar refractivity (Wildman–Crippen MR) is 48.4 cm³/mol. The summed E-state index contributed by atoms with van der Waals surface area (Å²) in [4.78, 5) is 0. The lowest BCUT2D eigenvalue weighted by Crippen LogP contribution is -2.15. The van der Waals surface area contributed by atoms with Crippen LogP contribution in [0.25, 0.3) is 0 Å². The molecule has 1 N–H and O–H groups in total. The summed E-state index contributed by atoms with van der Waals surface area (Å²) in [6, 6.07) is 0. The van der Waals surface area contributed by atoms with Gasteiger partial charge in [-0.3, -0.25) is 4.68 Å². The second-order valence-corrected chi connectivity index (χ2v) is 1.77. The summed E-state index contributed by atoms with van der Waals surface area (Å²) in [6.45, 7) is 1.82. The predicted octanol–water partition coefficient (Wildman–Crippen LogP) is 0.341. The molecule has 1 heterocycles. The van der Waals surface area contributed by atoms with Crippen LogP contribution >= 0.6 is 24.8 Å². The number of halogens is 2. The van der Waals surface area contributed by atoms with Gasteiger partial charge in [-0.05, 0) is 7.05 Å². The van der Waals surface area contributed by atoms with Crippen molar-refractivity contribution in [1.29, 1.82) is 0 Å². The Balaban J connectivity index is 0. The molecular formula is C5H12Cl2N4. The molecule has 1 rings (SSSR count). The molecular weight excluding hydrogens is 187 g/mol. The molecule has 11 heavy (non-hydrogen) atoms. The van der Waals surface area contributed by atoms with Gasteiger partial charge in [0.05, 0.1) is 12.7 Å². The summed E-state index contributed by atoms with van der Waals surface area (Å²) in [5.74, 6) is 0. The van der Waals surface area contributed by atoms with Gasteiger partial charge in [0.1, 0.15) is 0 Å². The van der Waals surface area contributed by atoms with Crippen LogP contribution in [0.1, 0.15) is 0 Å². The molecule has 0 unspecified atom stereocenters. The molecule has 66 valence electrons. The van der Waals surface area contributed by atoms with Crippen LogP contribution in [0.4, 0.5) is 0 Å². The molecule has 0 spiro atoms. The van der Waals surface area contributed by atoms with E-state index in [2.05, 4.69) is 15.6 Å². The zero-order valence-corrected chi connectivity index (χ0v) is 7.86. The molecule has 0 aromatic carbocycles. The van der Waals surface area contributed by atoms with Gasteiger partial charge >= 0.3 is 0 Å². The van der Waals surface area contributed by atoms with Gasteiger partial charge in [0.15, 0.2) is 0 Å². The van der Waals surface area contributed by atoms with E-state index in [1.165, 1.54) is 0 Å². The lowest BCUT2D eigenvalue weighted by atomic mass is 10.6. The SMILES string of the molecule is CNCCn1ccnn1.Cl.Cl. The number of likely N-dealkylation sites (N-methyl/N-ethyl adjacent to an activating group) is 1. The van der Waals surface area contributed by atoms with E-state index in [1.807, 2.05) is 13.2 Å². The van der Waals surface area contributed by atoms with E-state index >= 15 is 0 Å². The molecule has 1 aromatic heterocycles. The fourth-order valence-corrected chi connectivity index (χ4v) is 0.578. The highest BCUT2D eigenvalue weighted by Crippen LogP contribution is 1.76. The van der Waals surface area contributed by atoms with E-state index in [0.29, 0.717) is 0 Å². The topological polar surface area (TPSA) is 42.7 Å². The molecule has 0 saturated heterocycles. The Labute approximate surface area is 78.2 Å². The average molecular weight is 199 g/mol. The van der Waals surface area contributed by atoms with Crippen LogP contribution in [0, 0.1) is 0 Å². The van der Waals surface area contributed by atoms with Crippen molar-refractivity contribution in [3.63, 3.8) is 0 Å². The second-order valence-electron chi connectivity index (χ2n) is 1.77. The third kappa shape index (κ3) is 5.01. The van der Waals surface area contributed by atoms with E-state index in [9.17, 15) is 0 Å². The van der Waals surface area contributed by atoms with E-state index in [1.54, 1.807) is 10.9 Å². The first-order chi connectivity index (χ1) is 4.43. The second kappa shape index (κ2) is 7.78. The zero-order chi connectivity index (χ0) is 6.53. The molecule has 0 radical (unpaired) electrons. The highest BCUT2D eigenvalue weighted by Gasteiger charge is 1.86. The van der Waals surface area contributed by atoms with Gasteiger partial charge in [-0.15, -0.1) is 29.9 Å². The van der Waals surface area contributed by atoms with Gasteiger partial charge in [-0.1, -0.05) is 5.21 Å². The number of nitrogens with one attached hydrogen (secondary N) is 1. The smallest absolute Gasteiger partial charge is 0.0692 e. The van der Waals surface area contributed by atoms with Gasteiger partial charge in [-0.2, -0.15) is 0 Å². The van der Waals surface area contributed by atoms with Gasteiger partial charge in [-0.25, -0.2) is 0 Å². The van der Waals surface area contributed by atoms with Crippen molar-refractivity contribution in [2.75, 3.05) is 13.6 Å². The monoisotopic (exact) mass is 198 g/mol. The summed E-state index contributed by atoms with van der Waals surface area (Å²) in [7, 11) is 1.91. The van der Waals surface area contributed by atoms with Crippen molar-refractivity contribution < 1.29 is 0 Å². The Bertz CT molecular complexity index is 154. The van der Waals surface area contributed by atoms with Crippen LogP contribution in [0.2, 0.25) is 0 Å². The van der Waals surface area contributed by atoms with Crippen LogP contribution in [-0.4, -0.2) is 28.6 Å². The number of rotatable bonds is 3. The summed E-state index contributed by atoms with van der Waals surface area (Å²) in [5.41, 5.74) is 0. The molecule has 0 amide bonds. The van der Waals surface area contributed by atoms with Crippen LogP contribution < -0.4 is 5.32 Å². The van der Waals surface area contributed by atoms with Gasteiger partial charge < -0.3 is 5.32 Å². The number of aromatic nitrogens is 3. The van der Waals surface area contributed by atoms with Gasteiger partial charge in [0.2, 0.25) is 0 Å². The first-order valence-electron chi connectivity index (χ1n) is 2.92. The minimum atomic E-state index is 0. The van der Waals surface area contributed by atoms with E-state index in [4.69, 9.17) is 0 Å². The average Bonchev–Trinajstić information content (AvgIpc) is 2.34. The van der Waals surface area contributed by atoms with Crippen LogP contribution in [0.5, 0.6) is 0 Å². The zero-order valence-electron chi connectivity index (χ0n) is 6.23. The maximum absolute atomic E-state index is 3.78. The summed E-state index contributed by atoms with van der Waals surface area (Å²) < 4.78 is 1.79. The Morgan fingerprint density at radius 3 is 2.64 bits per heavy atom. The molecule has 1 aromatic rings. The van der Waals surface area contributed by atoms with Crippen molar-refractivity contribution in [2.45, 2.75) is 6.54 Å². The minimum absolute atomic E-state index is 0.